The Balaban J connectivity index is 1.86. The third kappa shape index (κ3) is 2.97. The topological polar surface area (TPSA) is 26.5 Å². The van der Waals surface area contributed by atoms with Gasteiger partial charge in [-0.15, -0.1) is 0 Å². The number of imidazole rings is 1. The molecule has 0 aliphatic heterocycles. The van der Waals surface area contributed by atoms with Gasteiger partial charge in [0.25, 0.3) is 0 Å². The molecule has 2 aromatic heterocycles. The Bertz CT molecular complexity index is 785. The van der Waals surface area contributed by atoms with Crippen LogP contribution in [0.25, 0.3) is 16.9 Å². The molecule has 0 N–H and O–H groups in total. The van der Waals surface area contributed by atoms with Crippen LogP contribution >= 0.6 is 0 Å². The van der Waals surface area contributed by atoms with Gasteiger partial charge in [-0.2, -0.15) is 0 Å². The van der Waals surface area contributed by atoms with Gasteiger partial charge in [0.05, 0.1) is 5.69 Å². The minimum Gasteiger partial charge on any atom is -0.489 e. The molecule has 3 heteroatoms. The molecule has 0 aliphatic rings. The maximum Gasteiger partial charge on any atom is 0.137 e. The predicted octanol–water partition coefficient (Wildman–Crippen LogP) is 4.26. The van der Waals surface area contributed by atoms with E-state index in [-0.39, 0.29) is 0 Å². The Hall–Kier alpha value is -2.55. The lowest BCUT2D eigenvalue weighted by Crippen LogP contribution is -1.97. The fourth-order valence-electron chi connectivity index (χ4n) is 2.17. The number of nitrogens with zero attached hydrogens (tertiary/aromatic N) is 2. The first kappa shape index (κ1) is 13.4. The molecule has 2 heterocycles. The zero-order valence-corrected chi connectivity index (χ0v) is 12.3. The molecule has 3 aromatic rings. The average molecular weight is 278 g/mol. The van der Waals surface area contributed by atoms with Gasteiger partial charge >= 0.3 is 0 Å². The van der Waals surface area contributed by atoms with Gasteiger partial charge in [-0.1, -0.05) is 12.6 Å². The summed E-state index contributed by atoms with van der Waals surface area (Å²) in [6.45, 7) is 8.41. The van der Waals surface area contributed by atoms with Crippen LogP contribution in [0.3, 0.4) is 0 Å². The van der Waals surface area contributed by atoms with E-state index in [0.29, 0.717) is 6.61 Å². The summed E-state index contributed by atoms with van der Waals surface area (Å²) < 4.78 is 7.66. The molecule has 0 unspecified atom stereocenters. The van der Waals surface area contributed by atoms with E-state index >= 15 is 0 Å². The molecule has 0 fully saturated rings. The van der Waals surface area contributed by atoms with Crippen LogP contribution in [-0.2, 0) is 0 Å². The molecule has 0 saturated carbocycles. The smallest absolute Gasteiger partial charge is 0.137 e. The molecule has 0 atom stereocenters. The van der Waals surface area contributed by atoms with E-state index in [1.807, 2.05) is 43.5 Å². The second-order valence-corrected chi connectivity index (χ2v) is 5.37. The van der Waals surface area contributed by atoms with Gasteiger partial charge in [0.2, 0.25) is 0 Å². The SMILES string of the molecule is C=C(C)COc1ccc(-c2cn3cc(C)ccc3n2)cc1. The van der Waals surface area contributed by atoms with Crippen LogP contribution in [0.4, 0.5) is 0 Å². The van der Waals surface area contributed by atoms with Crippen molar-refractivity contribution in [2.24, 2.45) is 0 Å². The van der Waals surface area contributed by atoms with Gasteiger partial charge in [-0.3, -0.25) is 0 Å². The molecular formula is C18H18N2O. The molecular weight excluding hydrogens is 260 g/mol. The van der Waals surface area contributed by atoms with Gasteiger partial charge in [0.1, 0.15) is 18.0 Å². The van der Waals surface area contributed by atoms with Crippen LogP contribution in [-0.4, -0.2) is 16.0 Å². The van der Waals surface area contributed by atoms with E-state index < -0.39 is 0 Å². The summed E-state index contributed by atoms with van der Waals surface area (Å²) in [5.41, 5.74) is 5.23. The quantitative estimate of drug-likeness (QED) is 0.666. The number of benzene rings is 1. The Morgan fingerprint density at radius 1 is 1.14 bits per heavy atom. The standard InChI is InChI=1S/C18H18N2O/c1-13(2)12-21-16-7-5-15(6-8-16)17-11-20-10-14(3)4-9-18(20)19-17/h4-11H,1,12H2,2-3H3. The zero-order chi connectivity index (χ0) is 14.8. The highest BCUT2D eigenvalue weighted by molar-refractivity contribution is 5.63. The fourth-order valence-corrected chi connectivity index (χ4v) is 2.17. The van der Waals surface area contributed by atoms with Crippen LogP contribution in [0.2, 0.25) is 0 Å². The van der Waals surface area contributed by atoms with Crippen LogP contribution < -0.4 is 4.74 Å². The number of ether oxygens (including phenoxy) is 1. The molecule has 106 valence electrons. The molecule has 21 heavy (non-hydrogen) atoms. The lowest BCUT2D eigenvalue weighted by Gasteiger charge is -2.05. The van der Waals surface area contributed by atoms with E-state index in [1.54, 1.807) is 0 Å². The Morgan fingerprint density at radius 2 is 1.90 bits per heavy atom. The van der Waals surface area contributed by atoms with Gasteiger partial charge in [-0.25, -0.2) is 4.98 Å². The number of rotatable bonds is 4. The van der Waals surface area contributed by atoms with Crippen molar-refractivity contribution in [3.8, 4) is 17.0 Å². The summed E-state index contributed by atoms with van der Waals surface area (Å²) in [5, 5.41) is 0. The van der Waals surface area contributed by atoms with E-state index in [1.165, 1.54) is 5.56 Å². The van der Waals surface area contributed by atoms with Crippen LogP contribution in [0.15, 0.2) is 60.9 Å². The Kier molecular flexibility index (Phi) is 3.48. The van der Waals surface area contributed by atoms with Crippen LogP contribution in [0.5, 0.6) is 5.75 Å². The summed E-state index contributed by atoms with van der Waals surface area (Å²) in [6.07, 6.45) is 4.13. The van der Waals surface area contributed by atoms with Gasteiger partial charge in [-0.05, 0) is 55.3 Å². The maximum atomic E-state index is 5.61. The number of fused-ring (bicyclic) bond motifs is 1. The first-order valence-electron chi connectivity index (χ1n) is 6.95. The van der Waals surface area contributed by atoms with Crippen LogP contribution in [0, 0.1) is 6.92 Å². The molecule has 0 saturated heterocycles. The van der Waals surface area contributed by atoms with E-state index in [4.69, 9.17) is 4.74 Å². The van der Waals surface area contributed by atoms with Crippen molar-refractivity contribution in [3.05, 3.63) is 66.5 Å². The summed E-state index contributed by atoms with van der Waals surface area (Å²) in [5.74, 6) is 0.848. The molecule has 0 radical (unpaired) electrons. The Labute approximate surface area is 124 Å². The van der Waals surface area contributed by atoms with Crippen molar-refractivity contribution < 1.29 is 4.74 Å². The number of aromatic nitrogens is 2. The molecule has 1 aromatic carbocycles. The van der Waals surface area contributed by atoms with Gasteiger partial charge in [0.15, 0.2) is 0 Å². The van der Waals surface area contributed by atoms with Crippen LogP contribution in [0.1, 0.15) is 12.5 Å². The molecule has 0 spiro atoms. The van der Waals surface area contributed by atoms with Crippen molar-refractivity contribution in [3.63, 3.8) is 0 Å². The summed E-state index contributed by atoms with van der Waals surface area (Å²) >= 11 is 0. The number of pyridine rings is 1. The van der Waals surface area contributed by atoms with Crippen molar-refractivity contribution in [1.82, 2.24) is 9.38 Å². The van der Waals surface area contributed by atoms with Gasteiger partial charge < -0.3 is 9.14 Å². The second kappa shape index (κ2) is 5.44. The summed E-state index contributed by atoms with van der Waals surface area (Å²) in [7, 11) is 0. The molecule has 0 bridgehead atoms. The Morgan fingerprint density at radius 3 is 2.62 bits per heavy atom. The third-order valence-corrected chi connectivity index (χ3v) is 3.23. The fraction of sp³-hybridized carbons (Fsp3) is 0.167. The van der Waals surface area contributed by atoms with Gasteiger partial charge in [0, 0.05) is 18.0 Å². The highest BCUT2D eigenvalue weighted by Crippen LogP contribution is 2.22. The monoisotopic (exact) mass is 278 g/mol. The van der Waals surface area contributed by atoms with Crippen molar-refractivity contribution in [1.29, 1.82) is 0 Å². The van der Waals surface area contributed by atoms with Crippen molar-refractivity contribution in [2.75, 3.05) is 6.61 Å². The average Bonchev–Trinajstić information content (AvgIpc) is 2.88. The second-order valence-electron chi connectivity index (χ2n) is 5.37. The van der Waals surface area contributed by atoms with E-state index in [2.05, 4.69) is 35.2 Å². The van der Waals surface area contributed by atoms with Crippen molar-refractivity contribution >= 4 is 5.65 Å². The zero-order valence-electron chi connectivity index (χ0n) is 12.3. The number of hydrogen-bond donors (Lipinski definition) is 0. The van der Waals surface area contributed by atoms with Crippen molar-refractivity contribution in [2.45, 2.75) is 13.8 Å². The molecule has 0 amide bonds. The molecule has 3 rings (SSSR count). The lowest BCUT2D eigenvalue weighted by molar-refractivity contribution is 0.353. The predicted molar refractivity (Wildman–Crippen MR) is 85.7 cm³/mol. The van der Waals surface area contributed by atoms with E-state index in [0.717, 1.165) is 28.2 Å². The first-order valence-corrected chi connectivity index (χ1v) is 6.95. The minimum atomic E-state index is 0.549. The molecule has 3 nitrogen and oxygen atoms in total. The number of hydrogen-bond acceptors (Lipinski definition) is 2. The largest absolute Gasteiger partial charge is 0.489 e. The lowest BCUT2D eigenvalue weighted by atomic mass is 10.1. The maximum absolute atomic E-state index is 5.61. The highest BCUT2D eigenvalue weighted by atomic mass is 16.5. The normalized spacial score (nSPS) is 10.8. The number of aryl methyl sites for hydroxylation is 1. The van der Waals surface area contributed by atoms with E-state index in [9.17, 15) is 0 Å². The molecule has 0 aliphatic carbocycles. The summed E-state index contributed by atoms with van der Waals surface area (Å²) in [6, 6.07) is 12.1. The minimum absolute atomic E-state index is 0.549. The third-order valence-electron chi connectivity index (χ3n) is 3.23. The summed E-state index contributed by atoms with van der Waals surface area (Å²) in [4.78, 5) is 4.64. The highest BCUT2D eigenvalue weighted by Gasteiger charge is 2.04. The first-order chi connectivity index (χ1) is 10.1.